The van der Waals surface area contributed by atoms with Crippen molar-refractivity contribution >= 4 is 28.4 Å². The molecule has 4 nitrogen and oxygen atoms in total. The second-order valence-corrected chi connectivity index (χ2v) is 6.74. The molecule has 128 valence electrons. The van der Waals surface area contributed by atoms with E-state index in [4.69, 9.17) is 4.74 Å². The molecule has 0 saturated heterocycles. The number of aliphatic hydroxyl groups excluding tert-OH is 1. The van der Waals surface area contributed by atoms with Crippen LogP contribution in [0.5, 0.6) is 5.75 Å². The third-order valence-corrected chi connectivity index (χ3v) is 4.77. The zero-order valence-electron chi connectivity index (χ0n) is 13.9. The van der Waals surface area contributed by atoms with Crippen LogP contribution in [-0.2, 0) is 0 Å². The van der Waals surface area contributed by atoms with Crippen molar-refractivity contribution in [3.8, 4) is 5.75 Å². The van der Waals surface area contributed by atoms with Crippen LogP contribution < -0.4 is 4.74 Å². The summed E-state index contributed by atoms with van der Waals surface area (Å²) < 4.78 is 5.57. The van der Waals surface area contributed by atoms with Crippen molar-refractivity contribution in [1.82, 2.24) is 4.98 Å². The van der Waals surface area contributed by atoms with Gasteiger partial charge in [0.25, 0.3) is 0 Å². The number of thioether (sulfide) groups is 1. The predicted molar refractivity (Wildman–Crippen MR) is 100 cm³/mol. The van der Waals surface area contributed by atoms with Crippen LogP contribution in [0.1, 0.15) is 17.3 Å². The molecule has 1 atom stereocenters. The number of aromatic nitrogens is 1. The van der Waals surface area contributed by atoms with Crippen LogP contribution in [0.3, 0.4) is 0 Å². The van der Waals surface area contributed by atoms with Crippen molar-refractivity contribution in [3.05, 3.63) is 66.2 Å². The van der Waals surface area contributed by atoms with Crippen molar-refractivity contribution in [3.63, 3.8) is 0 Å². The Kier molecular flexibility index (Phi) is 5.68. The van der Waals surface area contributed by atoms with Gasteiger partial charge in [-0.3, -0.25) is 4.79 Å². The Morgan fingerprint density at radius 1 is 1.12 bits per heavy atom. The number of carbonyl (C=O) groups excluding carboxylic acids is 1. The van der Waals surface area contributed by atoms with Gasteiger partial charge in [-0.1, -0.05) is 24.3 Å². The number of carbonyl (C=O) groups is 1. The van der Waals surface area contributed by atoms with Crippen LogP contribution in [0.2, 0.25) is 0 Å². The minimum atomic E-state index is -0.606. The summed E-state index contributed by atoms with van der Waals surface area (Å²) in [6.45, 7) is 1.72. The molecule has 0 fully saturated rings. The molecular weight excluding hydrogens is 334 g/mol. The molecule has 3 rings (SSSR count). The third-order valence-electron chi connectivity index (χ3n) is 3.70. The molecule has 0 aliphatic rings. The second kappa shape index (κ2) is 8.14. The maximum absolute atomic E-state index is 11.2. The van der Waals surface area contributed by atoms with E-state index in [0.29, 0.717) is 17.1 Å². The van der Waals surface area contributed by atoms with E-state index in [2.05, 4.69) is 4.98 Å². The number of pyridine rings is 1. The summed E-state index contributed by atoms with van der Waals surface area (Å²) in [5.74, 6) is 1.15. The quantitative estimate of drug-likeness (QED) is 0.514. The Labute approximate surface area is 150 Å². The summed E-state index contributed by atoms with van der Waals surface area (Å²) in [4.78, 5) is 15.8. The Hall–Kier alpha value is -2.37. The Morgan fingerprint density at radius 3 is 2.64 bits per heavy atom. The van der Waals surface area contributed by atoms with Crippen LogP contribution in [0, 0.1) is 0 Å². The minimum absolute atomic E-state index is 0.0193. The lowest BCUT2D eigenvalue weighted by Crippen LogP contribution is -2.20. The first kappa shape index (κ1) is 17.5. The molecule has 2 aromatic carbocycles. The van der Waals surface area contributed by atoms with Crippen LogP contribution in [0.4, 0.5) is 0 Å². The molecular formula is C20H19NO3S. The highest BCUT2D eigenvalue weighted by molar-refractivity contribution is 7.99. The second-order valence-electron chi connectivity index (χ2n) is 5.70. The molecule has 0 saturated carbocycles. The van der Waals surface area contributed by atoms with Crippen molar-refractivity contribution in [2.45, 2.75) is 18.1 Å². The lowest BCUT2D eigenvalue weighted by atomic mass is 10.1. The zero-order chi connectivity index (χ0) is 17.6. The number of para-hydroxylation sites is 1. The van der Waals surface area contributed by atoms with E-state index in [9.17, 15) is 9.90 Å². The van der Waals surface area contributed by atoms with Crippen LogP contribution >= 0.6 is 11.8 Å². The molecule has 0 aliphatic carbocycles. The maximum atomic E-state index is 11.2. The molecule has 0 radical (unpaired) electrons. The number of benzene rings is 2. The third kappa shape index (κ3) is 4.81. The van der Waals surface area contributed by atoms with Crippen LogP contribution in [0.15, 0.2) is 65.7 Å². The first-order valence-corrected chi connectivity index (χ1v) is 9.01. The number of nitrogens with zero attached hydrogens (tertiary/aromatic N) is 1. The summed E-state index contributed by atoms with van der Waals surface area (Å²) in [7, 11) is 0. The zero-order valence-corrected chi connectivity index (χ0v) is 14.7. The Bertz CT molecular complexity index is 864. The maximum Gasteiger partial charge on any atom is 0.159 e. The monoisotopic (exact) mass is 353 g/mol. The molecule has 1 unspecified atom stereocenters. The fourth-order valence-electron chi connectivity index (χ4n) is 2.34. The molecule has 0 bridgehead atoms. The Morgan fingerprint density at radius 2 is 1.88 bits per heavy atom. The van der Waals surface area contributed by atoms with Gasteiger partial charge in [-0.25, -0.2) is 4.98 Å². The van der Waals surface area contributed by atoms with Gasteiger partial charge in [0.05, 0.1) is 16.6 Å². The molecule has 3 aromatic rings. The highest BCUT2D eigenvalue weighted by Gasteiger charge is 2.08. The normalized spacial score (nSPS) is 12.1. The molecule has 0 spiro atoms. The lowest BCUT2D eigenvalue weighted by Gasteiger charge is -2.12. The van der Waals surface area contributed by atoms with Crippen molar-refractivity contribution in [2.24, 2.45) is 0 Å². The number of rotatable bonds is 7. The number of fused-ring (bicyclic) bond motifs is 1. The summed E-state index contributed by atoms with van der Waals surface area (Å²) in [6.07, 6.45) is -0.606. The van der Waals surface area contributed by atoms with Gasteiger partial charge in [-0.15, -0.1) is 11.8 Å². The van der Waals surface area contributed by atoms with Gasteiger partial charge in [0.1, 0.15) is 12.4 Å². The molecule has 25 heavy (non-hydrogen) atoms. The van der Waals surface area contributed by atoms with E-state index < -0.39 is 6.10 Å². The topological polar surface area (TPSA) is 59.4 Å². The van der Waals surface area contributed by atoms with Crippen molar-refractivity contribution < 1.29 is 14.6 Å². The predicted octanol–water partition coefficient (Wildman–Crippen LogP) is 3.97. The molecule has 0 aliphatic heterocycles. The summed E-state index contributed by atoms with van der Waals surface area (Å²) >= 11 is 1.50. The highest BCUT2D eigenvalue weighted by Crippen LogP contribution is 2.21. The van der Waals surface area contributed by atoms with Gasteiger partial charge in [-0.05, 0) is 43.3 Å². The number of hydrogen-bond acceptors (Lipinski definition) is 5. The van der Waals surface area contributed by atoms with E-state index >= 15 is 0 Å². The molecule has 1 aromatic heterocycles. The SMILES string of the molecule is CC(=O)c1ccc(OCC(O)CSc2ccc3ccccc3n2)cc1. The average molecular weight is 353 g/mol. The fourth-order valence-corrected chi connectivity index (χ4v) is 3.12. The highest BCUT2D eigenvalue weighted by atomic mass is 32.2. The van der Waals surface area contributed by atoms with E-state index in [1.165, 1.54) is 18.7 Å². The summed E-state index contributed by atoms with van der Waals surface area (Å²) in [5, 5.41) is 12.1. The van der Waals surface area contributed by atoms with Crippen molar-refractivity contribution in [2.75, 3.05) is 12.4 Å². The lowest BCUT2D eigenvalue weighted by molar-refractivity contribution is 0.101. The van der Waals surface area contributed by atoms with Crippen LogP contribution in [-0.4, -0.2) is 34.3 Å². The largest absolute Gasteiger partial charge is 0.491 e. The van der Waals surface area contributed by atoms with Gasteiger partial charge in [0, 0.05) is 16.7 Å². The van der Waals surface area contributed by atoms with Gasteiger partial charge in [0.2, 0.25) is 0 Å². The smallest absolute Gasteiger partial charge is 0.159 e. The van der Waals surface area contributed by atoms with Gasteiger partial charge >= 0.3 is 0 Å². The summed E-state index contributed by atoms with van der Waals surface area (Å²) in [5.41, 5.74) is 1.59. The van der Waals surface area contributed by atoms with E-state index in [1.54, 1.807) is 24.3 Å². The average Bonchev–Trinajstić information content (AvgIpc) is 2.65. The fraction of sp³-hybridized carbons (Fsp3) is 0.200. The molecule has 0 amide bonds. The van der Waals surface area contributed by atoms with E-state index in [1.807, 2.05) is 36.4 Å². The minimum Gasteiger partial charge on any atom is -0.491 e. The Balaban J connectivity index is 1.50. The first-order chi connectivity index (χ1) is 12.1. The number of aliphatic hydroxyl groups is 1. The van der Waals surface area contributed by atoms with Gasteiger partial charge in [0.15, 0.2) is 5.78 Å². The number of Topliss-reactive ketones (excluding diaryl/α,β-unsaturated/α-hetero) is 1. The molecule has 1 heterocycles. The molecule has 5 heteroatoms. The molecule has 1 N–H and O–H groups in total. The first-order valence-electron chi connectivity index (χ1n) is 8.02. The number of ketones is 1. The van der Waals surface area contributed by atoms with E-state index in [-0.39, 0.29) is 12.4 Å². The van der Waals surface area contributed by atoms with Gasteiger partial charge in [-0.2, -0.15) is 0 Å². The van der Waals surface area contributed by atoms with E-state index in [0.717, 1.165) is 15.9 Å². The number of ether oxygens (including phenoxy) is 1. The summed E-state index contributed by atoms with van der Waals surface area (Å²) in [6, 6.07) is 18.9. The standard InChI is InChI=1S/C20H19NO3S/c1-14(22)15-6-9-18(10-7-15)24-12-17(23)13-25-20-11-8-16-4-2-3-5-19(16)21-20/h2-11,17,23H,12-13H2,1H3. The van der Waals surface area contributed by atoms with Crippen molar-refractivity contribution in [1.29, 1.82) is 0 Å². The van der Waals surface area contributed by atoms with Gasteiger partial charge < -0.3 is 9.84 Å². The number of hydrogen-bond donors (Lipinski definition) is 1. The van der Waals surface area contributed by atoms with Crippen LogP contribution in [0.25, 0.3) is 10.9 Å².